The van der Waals surface area contributed by atoms with Crippen LogP contribution >= 0.6 is 0 Å². The fourth-order valence-electron chi connectivity index (χ4n) is 2.98. The molecule has 0 bridgehead atoms. The van der Waals surface area contributed by atoms with Crippen LogP contribution in [0.25, 0.3) is 6.08 Å². The maximum atomic E-state index is 13.1. The minimum Gasteiger partial charge on any atom is -0.481 e. The van der Waals surface area contributed by atoms with Gasteiger partial charge in [0.1, 0.15) is 0 Å². The third kappa shape index (κ3) is 5.67. The number of pyridine rings is 1. The third-order valence-electron chi connectivity index (χ3n) is 4.46. The van der Waals surface area contributed by atoms with Gasteiger partial charge in [-0.25, -0.2) is 0 Å². The zero-order valence-corrected chi connectivity index (χ0v) is 16.5. The number of hydrogen-bond donors (Lipinski definition) is 1. The summed E-state index contributed by atoms with van der Waals surface area (Å²) in [5, 5.41) is 8.92. The van der Waals surface area contributed by atoms with Crippen LogP contribution < -0.4 is 5.56 Å². The number of benzene rings is 1. The fraction of sp³-hybridized carbons (Fsp3) is 0.318. The van der Waals surface area contributed by atoms with Crippen LogP contribution in [-0.2, 0) is 22.6 Å². The second kappa shape index (κ2) is 9.69. The van der Waals surface area contributed by atoms with Gasteiger partial charge in [0, 0.05) is 38.4 Å². The molecule has 2 rings (SSSR count). The van der Waals surface area contributed by atoms with Crippen LogP contribution in [0.4, 0.5) is 0 Å². The first-order chi connectivity index (χ1) is 13.3. The summed E-state index contributed by atoms with van der Waals surface area (Å²) in [6.07, 6.45) is 5.58. The number of likely N-dealkylation sites (N-methyl/N-ethyl adjacent to an activating group) is 1. The molecule has 0 spiro atoms. The van der Waals surface area contributed by atoms with Crippen LogP contribution in [-0.4, -0.2) is 40.5 Å². The van der Waals surface area contributed by atoms with Gasteiger partial charge >= 0.3 is 5.97 Å². The van der Waals surface area contributed by atoms with Crippen molar-refractivity contribution in [2.75, 3.05) is 14.1 Å². The minimum atomic E-state index is -0.892. The molecule has 1 aromatic heterocycles. The van der Waals surface area contributed by atoms with Crippen LogP contribution in [0.2, 0.25) is 0 Å². The Morgan fingerprint density at radius 3 is 2.46 bits per heavy atom. The summed E-state index contributed by atoms with van der Waals surface area (Å²) in [4.78, 5) is 37.3. The second-order valence-corrected chi connectivity index (χ2v) is 6.94. The first-order valence-electron chi connectivity index (χ1n) is 9.17. The molecule has 28 heavy (non-hydrogen) atoms. The Morgan fingerprint density at radius 1 is 1.18 bits per heavy atom. The molecular weight excluding hydrogens is 356 g/mol. The van der Waals surface area contributed by atoms with Crippen molar-refractivity contribution in [3.8, 4) is 0 Å². The topological polar surface area (TPSA) is 79.6 Å². The molecule has 1 aromatic carbocycles. The molecule has 0 unspecified atom stereocenters. The highest BCUT2D eigenvalue weighted by atomic mass is 16.4. The number of nitrogens with zero attached hydrogens (tertiary/aromatic N) is 2. The summed E-state index contributed by atoms with van der Waals surface area (Å²) in [5.74, 6) is -1.07. The van der Waals surface area contributed by atoms with E-state index in [0.717, 1.165) is 11.1 Å². The number of amides is 1. The summed E-state index contributed by atoms with van der Waals surface area (Å²) in [6.45, 7) is 2.33. The first-order valence-corrected chi connectivity index (χ1v) is 9.17. The Morgan fingerprint density at radius 2 is 1.86 bits per heavy atom. The van der Waals surface area contributed by atoms with Gasteiger partial charge < -0.3 is 14.6 Å². The Bertz CT molecular complexity index is 928. The molecule has 148 valence electrons. The minimum absolute atomic E-state index is 0.00809. The molecule has 0 radical (unpaired) electrons. The average molecular weight is 382 g/mol. The van der Waals surface area contributed by atoms with Crippen molar-refractivity contribution in [1.82, 2.24) is 9.47 Å². The zero-order chi connectivity index (χ0) is 20.7. The van der Waals surface area contributed by atoms with Gasteiger partial charge in [-0.1, -0.05) is 30.3 Å². The van der Waals surface area contributed by atoms with E-state index >= 15 is 0 Å². The van der Waals surface area contributed by atoms with Crippen LogP contribution in [0.15, 0.2) is 47.4 Å². The number of aliphatic carboxylic acids is 1. The largest absolute Gasteiger partial charge is 0.481 e. The molecule has 0 fully saturated rings. The van der Waals surface area contributed by atoms with E-state index in [0.29, 0.717) is 30.5 Å². The third-order valence-corrected chi connectivity index (χ3v) is 4.46. The van der Waals surface area contributed by atoms with Crippen molar-refractivity contribution in [2.24, 2.45) is 0 Å². The average Bonchev–Trinajstić information content (AvgIpc) is 2.65. The number of aryl methyl sites for hydroxylation is 1. The van der Waals surface area contributed by atoms with Gasteiger partial charge in [-0.15, -0.1) is 0 Å². The van der Waals surface area contributed by atoms with Crippen molar-refractivity contribution in [3.63, 3.8) is 0 Å². The standard InChI is InChI=1S/C22H26N2O4/c1-16-14-24(15-17-8-5-4-6-9-17)22(28)19(10-7-11-21(26)27)18(16)12-13-20(25)23(2)3/h4-6,8-9,12-14H,7,10-11,15H2,1-3H3,(H,26,27)/b13-12+. The number of carbonyl (C=O) groups excluding carboxylic acids is 1. The van der Waals surface area contributed by atoms with Gasteiger partial charge in [0.05, 0.1) is 6.54 Å². The summed E-state index contributed by atoms with van der Waals surface area (Å²) in [7, 11) is 3.32. The van der Waals surface area contributed by atoms with E-state index in [2.05, 4.69) is 0 Å². The van der Waals surface area contributed by atoms with Gasteiger partial charge in [0.2, 0.25) is 5.91 Å². The van der Waals surface area contributed by atoms with E-state index in [1.54, 1.807) is 30.9 Å². The van der Waals surface area contributed by atoms with E-state index < -0.39 is 5.97 Å². The second-order valence-electron chi connectivity index (χ2n) is 6.94. The van der Waals surface area contributed by atoms with E-state index in [1.165, 1.54) is 11.0 Å². The summed E-state index contributed by atoms with van der Waals surface area (Å²) >= 11 is 0. The quantitative estimate of drug-likeness (QED) is 0.712. The van der Waals surface area contributed by atoms with E-state index in [4.69, 9.17) is 5.11 Å². The molecule has 6 nitrogen and oxygen atoms in total. The number of rotatable bonds is 8. The first kappa shape index (κ1) is 21.2. The number of carboxylic acids is 1. The van der Waals surface area contributed by atoms with Crippen LogP contribution in [0, 0.1) is 6.92 Å². The van der Waals surface area contributed by atoms with Crippen LogP contribution in [0.5, 0.6) is 0 Å². The van der Waals surface area contributed by atoms with Gasteiger partial charge in [-0.05, 0) is 42.5 Å². The number of aromatic nitrogens is 1. The SMILES string of the molecule is Cc1cn(Cc2ccccc2)c(=O)c(CCCC(=O)O)c1/C=C/C(=O)N(C)C. The van der Waals surface area contributed by atoms with Crippen molar-refractivity contribution >= 4 is 18.0 Å². The van der Waals surface area contributed by atoms with Crippen LogP contribution in [0.3, 0.4) is 0 Å². The van der Waals surface area contributed by atoms with Crippen molar-refractivity contribution in [1.29, 1.82) is 0 Å². The molecule has 2 aromatic rings. The predicted molar refractivity (Wildman–Crippen MR) is 109 cm³/mol. The van der Waals surface area contributed by atoms with Crippen molar-refractivity contribution in [2.45, 2.75) is 32.7 Å². The number of carboxylic acid groups (broad SMARTS) is 1. The Hall–Kier alpha value is -3.15. The molecule has 6 heteroatoms. The van der Waals surface area contributed by atoms with E-state index in [-0.39, 0.29) is 17.9 Å². The van der Waals surface area contributed by atoms with E-state index in [9.17, 15) is 14.4 Å². The van der Waals surface area contributed by atoms with Gasteiger partial charge in [-0.3, -0.25) is 14.4 Å². The van der Waals surface area contributed by atoms with E-state index in [1.807, 2.05) is 37.3 Å². The van der Waals surface area contributed by atoms with Gasteiger partial charge in [0.15, 0.2) is 0 Å². The summed E-state index contributed by atoms with van der Waals surface area (Å²) in [6, 6.07) is 9.67. The Kier molecular flexibility index (Phi) is 7.32. The van der Waals surface area contributed by atoms with Crippen LogP contribution in [0.1, 0.15) is 35.1 Å². The maximum Gasteiger partial charge on any atom is 0.303 e. The summed E-state index contributed by atoms with van der Waals surface area (Å²) < 4.78 is 1.64. The van der Waals surface area contributed by atoms with Crippen molar-refractivity contribution in [3.05, 3.63) is 75.2 Å². The highest BCUT2D eigenvalue weighted by Crippen LogP contribution is 2.16. The fourth-order valence-corrected chi connectivity index (χ4v) is 2.98. The lowest BCUT2D eigenvalue weighted by Crippen LogP contribution is -2.26. The highest BCUT2D eigenvalue weighted by molar-refractivity contribution is 5.91. The molecule has 1 heterocycles. The molecule has 0 saturated carbocycles. The molecular formula is C22H26N2O4. The zero-order valence-electron chi connectivity index (χ0n) is 16.5. The Labute approximate surface area is 164 Å². The highest BCUT2D eigenvalue weighted by Gasteiger charge is 2.13. The lowest BCUT2D eigenvalue weighted by molar-refractivity contribution is -0.137. The van der Waals surface area contributed by atoms with Gasteiger partial charge in [-0.2, -0.15) is 0 Å². The molecule has 0 aliphatic carbocycles. The maximum absolute atomic E-state index is 13.1. The predicted octanol–water partition coefficient (Wildman–Crippen LogP) is 2.71. The molecule has 0 aliphatic heterocycles. The molecule has 1 N–H and O–H groups in total. The van der Waals surface area contributed by atoms with Crippen molar-refractivity contribution < 1.29 is 14.7 Å². The monoisotopic (exact) mass is 382 g/mol. The molecule has 1 amide bonds. The molecule has 0 aliphatic rings. The smallest absolute Gasteiger partial charge is 0.303 e. The molecule has 0 saturated heterocycles. The molecule has 0 atom stereocenters. The number of carbonyl (C=O) groups is 2. The lowest BCUT2D eigenvalue weighted by atomic mass is 9.99. The Balaban J connectivity index is 2.45. The lowest BCUT2D eigenvalue weighted by Gasteiger charge is -2.15. The normalized spacial score (nSPS) is 11.0. The van der Waals surface area contributed by atoms with Gasteiger partial charge in [0.25, 0.3) is 5.56 Å². The summed E-state index contributed by atoms with van der Waals surface area (Å²) in [5.41, 5.74) is 2.95. The number of hydrogen-bond acceptors (Lipinski definition) is 3.